The van der Waals surface area contributed by atoms with Crippen LogP contribution in [0.3, 0.4) is 0 Å². The van der Waals surface area contributed by atoms with Crippen molar-refractivity contribution in [2.24, 2.45) is 23.2 Å². The van der Waals surface area contributed by atoms with Crippen molar-refractivity contribution in [2.45, 2.75) is 39.0 Å². The van der Waals surface area contributed by atoms with Gasteiger partial charge in [0.2, 0.25) is 10.0 Å². The third kappa shape index (κ3) is 2.37. The Bertz CT molecular complexity index is 507. The second kappa shape index (κ2) is 4.70. The maximum atomic E-state index is 12.6. The van der Waals surface area contributed by atoms with E-state index < -0.39 is 21.9 Å². The fourth-order valence-corrected chi connectivity index (χ4v) is 6.68. The normalized spacial score (nSPS) is 41.4. The summed E-state index contributed by atoms with van der Waals surface area (Å²) in [5.41, 5.74) is -0.00590. The zero-order chi connectivity index (χ0) is 14.5. The molecule has 6 heteroatoms. The molecule has 2 atom stereocenters. The molecule has 0 unspecified atom stereocenters. The first kappa shape index (κ1) is 14.3. The summed E-state index contributed by atoms with van der Waals surface area (Å²) in [6.45, 7) is 2.34. The summed E-state index contributed by atoms with van der Waals surface area (Å²) in [5.74, 6) is -0.568. The van der Waals surface area contributed by atoms with Gasteiger partial charge in [-0.3, -0.25) is 4.79 Å². The first-order valence-corrected chi connectivity index (χ1v) is 9.13. The van der Waals surface area contributed by atoms with E-state index in [9.17, 15) is 13.2 Å². The van der Waals surface area contributed by atoms with Crippen LogP contribution in [0.5, 0.6) is 0 Å². The van der Waals surface area contributed by atoms with Crippen LogP contribution in [-0.4, -0.2) is 42.6 Å². The van der Waals surface area contributed by atoms with E-state index in [1.165, 1.54) is 17.1 Å². The van der Waals surface area contributed by atoms with Gasteiger partial charge in [0.15, 0.2) is 0 Å². The second-order valence-electron chi connectivity index (χ2n) is 7.14. The summed E-state index contributed by atoms with van der Waals surface area (Å²) in [6, 6.07) is 0. The third-order valence-electron chi connectivity index (χ3n) is 5.67. The predicted octanol–water partition coefficient (Wildman–Crippen LogP) is 1.55. The van der Waals surface area contributed by atoms with Crippen LogP contribution >= 0.6 is 0 Å². The van der Waals surface area contributed by atoms with E-state index >= 15 is 0 Å². The lowest BCUT2D eigenvalue weighted by atomic mass is 9.87. The monoisotopic (exact) mass is 301 g/mol. The summed E-state index contributed by atoms with van der Waals surface area (Å²) < 4.78 is 26.7. The standard InChI is InChI=1S/C14H23NO4S/c1-10-7-15(8-12(10)13(16)17)20(18,19)9-14-4-2-11(6-14)3-5-14/h10-12H,2-9H2,1H3,(H,16,17)/t10-,11?,12-,14?/m1/s1. The minimum atomic E-state index is -3.32. The lowest BCUT2D eigenvalue weighted by Gasteiger charge is -2.28. The van der Waals surface area contributed by atoms with E-state index in [1.807, 2.05) is 6.92 Å². The van der Waals surface area contributed by atoms with Gasteiger partial charge in [0.25, 0.3) is 0 Å². The van der Waals surface area contributed by atoms with E-state index in [0.717, 1.165) is 25.2 Å². The number of carbonyl (C=O) groups is 1. The molecule has 0 spiro atoms. The number of nitrogens with zero attached hydrogens (tertiary/aromatic N) is 1. The largest absolute Gasteiger partial charge is 0.481 e. The van der Waals surface area contributed by atoms with Crippen molar-refractivity contribution in [3.8, 4) is 0 Å². The topological polar surface area (TPSA) is 74.7 Å². The summed E-state index contributed by atoms with van der Waals surface area (Å²) in [6.07, 6.45) is 5.45. The van der Waals surface area contributed by atoms with Gasteiger partial charge in [0.05, 0.1) is 11.7 Å². The van der Waals surface area contributed by atoms with E-state index in [2.05, 4.69) is 0 Å². The van der Waals surface area contributed by atoms with Crippen molar-refractivity contribution in [3.63, 3.8) is 0 Å². The molecule has 5 nitrogen and oxygen atoms in total. The number of carboxylic acid groups (broad SMARTS) is 1. The molecule has 3 aliphatic rings. The fraction of sp³-hybridized carbons (Fsp3) is 0.929. The highest BCUT2D eigenvalue weighted by Crippen LogP contribution is 2.54. The molecule has 1 aliphatic heterocycles. The quantitative estimate of drug-likeness (QED) is 0.855. The van der Waals surface area contributed by atoms with Crippen molar-refractivity contribution in [3.05, 3.63) is 0 Å². The molecule has 3 fully saturated rings. The minimum absolute atomic E-state index is 0.00590. The Morgan fingerprint density at radius 2 is 1.95 bits per heavy atom. The van der Waals surface area contributed by atoms with Crippen LogP contribution in [0.25, 0.3) is 0 Å². The molecule has 114 valence electrons. The number of hydrogen-bond donors (Lipinski definition) is 1. The van der Waals surface area contributed by atoms with E-state index in [1.54, 1.807) is 0 Å². The number of rotatable bonds is 4. The molecule has 2 bridgehead atoms. The average molecular weight is 301 g/mol. The van der Waals surface area contributed by atoms with Crippen LogP contribution in [0.4, 0.5) is 0 Å². The highest BCUT2D eigenvalue weighted by Gasteiger charge is 2.49. The van der Waals surface area contributed by atoms with Gasteiger partial charge in [-0.15, -0.1) is 0 Å². The Morgan fingerprint density at radius 1 is 1.30 bits per heavy atom. The molecule has 3 rings (SSSR count). The maximum absolute atomic E-state index is 12.6. The summed E-state index contributed by atoms with van der Waals surface area (Å²) in [7, 11) is -3.32. The summed E-state index contributed by atoms with van der Waals surface area (Å²) >= 11 is 0. The Kier molecular flexibility index (Phi) is 3.36. The zero-order valence-electron chi connectivity index (χ0n) is 11.9. The molecular formula is C14H23NO4S. The fourth-order valence-electron chi connectivity index (χ4n) is 4.46. The molecular weight excluding hydrogens is 278 g/mol. The van der Waals surface area contributed by atoms with Crippen molar-refractivity contribution < 1.29 is 18.3 Å². The number of fused-ring (bicyclic) bond motifs is 2. The van der Waals surface area contributed by atoms with E-state index in [0.29, 0.717) is 6.54 Å². The van der Waals surface area contributed by atoms with Crippen LogP contribution < -0.4 is 0 Å². The molecule has 20 heavy (non-hydrogen) atoms. The van der Waals surface area contributed by atoms with Gasteiger partial charge >= 0.3 is 5.97 Å². The Morgan fingerprint density at radius 3 is 2.40 bits per heavy atom. The molecule has 1 heterocycles. The average Bonchev–Trinajstić information content (AvgIpc) is 3.01. The van der Waals surface area contributed by atoms with Gasteiger partial charge in [-0.2, -0.15) is 0 Å². The Hall–Kier alpha value is -0.620. The SMILES string of the molecule is C[C@@H]1CN(S(=O)(=O)CC23CCC(CC2)C3)C[C@H]1C(=O)O. The first-order chi connectivity index (χ1) is 9.31. The molecule has 0 aromatic rings. The second-order valence-corrected chi connectivity index (χ2v) is 9.11. The van der Waals surface area contributed by atoms with Gasteiger partial charge in [-0.25, -0.2) is 12.7 Å². The molecule has 0 aromatic heterocycles. The minimum Gasteiger partial charge on any atom is -0.481 e. The molecule has 0 aromatic carbocycles. The molecule has 1 saturated heterocycles. The van der Waals surface area contributed by atoms with Crippen LogP contribution in [0.1, 0.15) is 39.0 Å². The highest BCUT2D eigenvalue weighted by atomic mass is 32.2. The van der Waals surface area contributed by atoms with Gasteiger partial charge in [0.1, 0.15) is 0 Å². The zero-order valence-corrected chi connectivity index (χ0v) is 12.7. The van der Waals surface area contributed by atoms with Crippen molar-refractivity contribution >= 4 is 16.0 Å². The number of hydrogen-bond acceptors (Lipinski definition) is 3. The first-order valence-electron chi connectivity index (χ1n) is 7.52. The predicted molar refractivity (Wildman–Crippen MR) is 74.7 cm³/mol. The van der Waals surface area contributed by atoms with Gasteiger partial charge in [-0.05, 0) is 49.4 Å². The number of sulfonamides is 1. The third-order valence-corrected chi connectivity index (χ3v) is 7.73. The molecule has 2 saturated carbocycles. The smallest absolute Gasteiger partial charge is 0.308 e. The molecule has 0 radical (unpaired) electrons. The number of aliphatic carboxylic acids is 1. The van der Waals surface area contributed by atoms with Crippen LogP contribution in [-0.2, 0) is 14.8 Å². The van der Waals surface area contributed by atoms with E-state index in [4.69, 9.17) is 5.11 Å². The van der Waals surface area contributed by atoms with Crippen molar-refractivity contribution in [2.75, 3.05) is 18.8 Å². The van der Waals surface area contributed by atoms with Crippen LogP contribution in [0, 0.1) is 23.2 Å². The van der Waals surface area contributed by atoms with Crippen LogP contribution in [0.15, 0.2) is 0 Å². The van der Waals surface area contributed by atoms with Crippen molar-refractivity contribution in [1.29, 1.82) is 0 Å². The summed E-state index contributed by atoms with van der Waals surface area (Å²) in [4.78, 5) is 11.1. The molecule has 0 amide bonds. The van der Waals surface area contributed by atoms with Gasteiger partial charge in [0, 0.05) is 13.1 Å². The Balaban J connectivity index is 1.72. The summed E-state index contributed by atoms with van der Waals surface area (Å²) in [5, 5.41) is 9.13. The molecule has 1 N–H and O–H groups in total. The van der Waals surface area contributed by atoms with Gasteiger partial charge in [-0.1, -0.05) is 6.92 Å². The maximum Gasteiger partial charge on any atom is 0.308 e. The molecule has 2 aliphatic carbocycles. The highest BCUT2D eigenvalue weighted by molar-refractivity contribution is 7.89. The number of carboxylic acids is 1. The van der Waals surface area contributed by atoms with Gasteiger partial charge < -0.3 is 5.11 Å². The lowest BCUT2D eigenvalue weighted by Crippen LogP contribution is -2.37. The Labute approximate surface area is 120 Å². The lowest BCUT2D eigenvalue weighted by molar-refractivity contribution is -0.142. The van der Waals surface area contributed by atoms with Crippen molar-refractivity contribution in [1.82, 2.24) is 4.31 Å². The van der Waals surface area contributed by atoms with Crippen LogP contribution in [0.2, 0.25) is 0 Å². The van der Waals surface area contributed by atoms with E-state index in [-0.39, 0.29) is 23.6 Å².